The predicted molar refractivity (Wildman–Crippen MR) is 74.6 cm³/mol. The van der Waals surface area contributed by atoms with Crippen molar-refractivity contribution in [1.82, 2.24) is 10.1 Å². The summed E-state index contributed by atoms with van der Waals surface area (Å²) < 4.78 is 4.99. The summed E-state index contributed by atoms with van der Waals surface area (Å²) in [5.41, 5.74) is 2.21. The zero-order chi connectivity index (χ0) is 14.1. The summed E-state index contributed by atoms with van der Waals surface area (Å²) >= 11 is 0. The minimum atomic E-state index is 0.0193. The molecule has 1 atom stereocenters. The monoisotopic (exact) mass is 271 g/mol. The summed E-state index contributed by atoms with van der Waals surface area (Å²) in [5, 5.41) is 3.92. The summed E-state index contributed by atoms with van der Waals surface area (Å²) in [6, 6.07) is 8.13. The number of amides is 1. The summed E-state index contributed by atoms with van der Waals surface area (Å²) in [5.74, 6) is 1.30. The lowest BCUT2D eigenvalue weighted by atomic mass is 10.1. The van der Waals surface area contributed by atoms with E-state index < -0.39 is 0 Å². The maximum absolute atomic E-state index is 12.2. The molecule has 1 saturated heterocycles. The van der Waals surface area contributed by atoms with Crippen LogP contribution in [0, 0.1) is 6.92 Å². The molecule has 0 radical (unpaired) electrons. The summed E-state index contributed by atoms with van der Waals surface area (Å²) in [4.78, 5) is 18.2. The third-order valence-electron chi connectivity index (χ3n) is 3.69. The Kier molecular flexibility index (Phi) is 3.26. The number of benzene rings is 1. The molecule has 0 bridgehead atoms. The number of carbonyl (C=O) groups is 1. The normalized spacial score (nSPS) is 18.8. The van der Waals surface area contributed by atoms with Gasteiger partial charge >= 0.3 is 0 Å². The summed E-state index contributed by atoms with van der Waals surface area (Å²) in [6.07, 6.45) is 1.44. The standard InChI is InChI=1S/C15H17N3O2/c1-3-11-4-6-13(7-5-11)18-9-12(8-14(18)19)15-16-10(2)20-17-15/h4-7,12H,3,8-9H2,1-2H3. The van der Waals surface area contributed by atoms with Gasteiger partial charge in [-0.05, 0) is 24.1 Å². The van der Waals surface area contributed by atoms with Gasteiger partial charge in [0.05, 0.1) is 0 Å². The fraction of sp³-hybridized carbons (Fsp3) is 0.400. The first-order valence-corrected chi connectivity index (χ1v) is 6.87. The molecular formula is C15H17N3O2. The Labute approximate surface area is 117 Å². The fourth-order valence-corrected chi connectivity index (χ4v) is 2.52. The van der Waals surface area contributed by atoms with Crippen molar-refractivity contribution in [3.8, 4) is 0 Å². The van der Waals surface area contributed by atoms with Gasteiger partial charge in [0.1, 0.15) is 0 Å². The molecule has 1 aromatic heterocycles. The van der Waals surface area contributed by atoms with Crippen LogP contribution in [0.4, 0.5) is 5.69 Å². The minimum Gasteiger partial charge on any atom is -0.340 e. The number of carbonyl (C=O) groups excluding carboxylic acids is 1. The van der Waals surface area contributed by atoms with E-state index in [1.165, 1.54) is 5.56 Å². The molecule has 104 valence electrons. The maximum Gasteiger partial charge on any atom is 0.227 e. The van der Waals surface area contributed by atoms with E-state index in [-0.39, 0.29) is 11.8 Å². The summed E-state index contributed by atoms with van der Waals surface area (Å²) in [7, 11) is 0. The number of aryl methyl sites for hydroxylation is 2. The van der Waals surface area contributed by atoms with E-state index in [1.54, 1.807) is 11.8 Å². The second kappa shape index (κ2) is 5.07. The molecular weight excluding hydrogens is 254 g/mol. The highest BCUT2D eigenvalue weighted by atomic mass is 16.5. The van der Waals surface area contributed by atoms with Crippen LogP contribution < -0.4 is 4.90 Å². The Morgan fingerprint density at radius 3 is 2.70 bits per heavy atom. The Bertz CT molecular complexity index is 618. The lowest BCUT2D eigenvalue weighted by Crippen LogP contribution is -2.24. The van der Waals surface area contributed by atoms with Gasteiger partial charge in [0.25, 0.3) is 0 Å². The van der Waals surface area contributed by atoms with Crippen LogP contribution in [0.3, 0.4) is 0 Å². The largest absolute Gasteiger partial charge is 0.340 e. The molecule has 5 nitrogen and oxygen atoms in total. The summed E-state index contributed by atoms with van der Waals surface area (Å²) in [6.45, 7) is 4.49. The molecule has 1 aliphatic heterocycles. The van der Waals surface area contributed by atoms with Gasteiger partial charge in [-0.25, -0.2) is 0 Å². The molecule has 20 heavy (non-hydrogen) atoms. The molecule has 1 amide bonds. The van der Waals surface area contributed by atoms with E-state index in [0.717, 1.165) is 12.1 Å². The van der Waals surface area contributed by atoms with Crippen molar-refractivity contribution >= 4 is 11.6 Å². The molecule has 1 unspecified atom stereocenters. The molecule has 1 fully saturated rings. The lowest BCUT2D eigenvalue weighted by Gasteiger charge is -2.16. The van der Waals surface area contributed by atoms with Gasteiger partial charge in [0.15, 0.2) is 5.82 Å². The Morgan fingerprint density at radius 1 is 1.35 bits per heavy atom. The molecule has 5 heteroatoms. The van der Waals surface area contributed by atoms with E-state index in [4.69, 9.17) is 4.52 Å². The van der Waals surface area contributed by atoms with Crippen molar-refractivity contribution in [3.63, 3.8) is 0 Å². The quantitative estimate of drug-likeness (QED) is 0.860. The van der Waals surface area contributed by atoms with Crippen molar-refractivity contribution < 1.29 is 9.32 Å². The van der Waals surface area contributed by atoms with Crippen molar-refractivity contribution in [2.45, 2.75) is 32.6 Å². The minimum absolute atomic E-state index is 0.0193. The van der Waals surface area contributed by atoms with Gasteiger partial charge in [0.2, 0.25) is 11.8 Å². The van der Waals surface area contributed by atoms with Crippen LogP contribution in [0.2, 0.25) is 0 Å². The van der Waals surface area contributed by atoms with Crippen LogP contribution in [0.25, 0.3) is 0 Å². The van der Waals surface area contributed by atoms with Crippen molar-refractivity contribution in [2.24, 2.45) is 0 Å². The number of anilines is 1. The van der Waals surface area contributed by atoms with Gasteiger partial charge in [-0.15, -0.1) is 0 Å². The molecule has 2 heterocycles. The first kappa shape index (κ1) is 12.8. The highest BCUT2D eigenvalue weighted by molar-refractivity contribution is 5.96. The van der Waals surface area contributed by atoms with Crippen LogP contribution in [0.15, 0.2) is 28.8 Å². The molecule has 0 saturated carbocycles. The molecule has 1 aliphatic rings. The molecule has 3 rings (SSSR count). The van der Waals surface area contributed by atoms with Crippen LogP contribution in [-0.2, 0) is 11.2 Å². The molecule has 1 aromatic carbocycles. The number of aromatic nitrogens is 2. The average molecular weight is 271 g/mol. The fourth-order valence-electron chi connectivity index (χ4n) is 2.52. The highest BCUT2D eigenvalue weighted by Crippen LogP contribution is 2.30. The van der Waals surface area contributed by atoms with Crippen molar-refractivity contribution in [3.05, 3.63) is 41.5 Å². The smallest absolute Gasteiger partial charge is 0.227 e. The van der Waals surface area contributed by atoms with Crippen LogP contribution >= 0.6 is 0 Å². The Hall–Kier alpha value is -2.17. The van der Waals surface area contributed by atoms with Crippen LogP contribution in [0.1, 0.15) is 36.5 Å². The van der Waals surface area contributed by atoms with Crippen molar-refractivity contribution in [2.75, 3.05) is 11.4 Å². The highest BCUT2D eigenvalue weighted by Gasteiger charge is 2.34. The Morgan fingerprint density at radius 2 is 2.10 bits per heavy atom. The molecule has 0 aliphatic carbocycles. The van der Waals surface area contributed by atoms with E-state index in [1.807, 2.05) is 12.1 Å². The first-order valence-electron chi connectivity index (χ1n) is 6.87. The number of rotatable bonds is 3. The third kappa shape index (κ3) is 2.31. The number of nitrogens with zero attached hydrogens (tertiary/aromatic N) is 3. The van der Waals surface area contributed by atoms with E-state index in [2.05, 4.69) is 29.2 Å². The second-order valence-corrected chi connectivity index (χ2v) is 5.10. The molecule has 0 N–H and O–H groups in total. The third-order valence-corrected chi connectivity index (χ3v) is 3.69. The number of hydrogen-bond acceptors (Lipinski definition) is 4. The van der Waals surface area contributed by atoms with Gasteiger partial charge in [-0.1, -0.05) is 24.2 Å². The van der Waals surface area contributed by atoms with Gasteiger partial charge in [0, 0.05) is 31.5 Å². The van der Waals surface area contributed by atoms with E-state index in [0.29, 0.717) is 24.7 Å². The predicted octanol–water partition coefficient (Wildman–Crippen LogP) is 2.46. The number of hydrogen-bond donors (Lipinski definition) is 0. The van der Waals surface area contributed by atoms with Crippen LogP contribution in [0.5, 0.6) is 0 Å². The molecule has 0 spiro atoms. The van der Waals surface area contributed by atoms with Gasteiger partial charge < -0.3 is 9.42 Å². The van der Waals surface area contributed by atoms with Crippen molar-refractivity contribution in [1.29, 1.82) is 0 Å². The zero-order valence-electron chi connectivity index (χ0n) is 11.7. The Balaban J connectivity index is 1.79. The topological polar surface area (TPSA) is 59.2 Å². The maximum atomic E-state index is 12.2. The SMILES string of the molecule is CCc1ccc(N2CC(c3noc(C)n3)CC2=O)cc1. The zero-order valence-corrected chi connectivity index (χ0v) is 11.7. The first-order chi connectivity index (χ1) is 9.67. The van der Waals surface area contributed by atoms with E-state index in [9.17, 15) is 4.79 Å². The molecule has 2 aromatic rings. The average Bonchev–Trinajstić information content (AvgIpc) is 3.05. The van der Waals surface area contributed by atoms with Crippen LogP contribution in [-0.4, -0.2) is 22.6 Å². The van der Waals surface area contributed by atoms with Gasteiger partial charge in [-0.2, -0.15) is 4.98 Å². The second-order valence-electron chi connectivity index (χ2n) is 5.10. The van der Waals surface area contributed by atoms with Gasteiger partial charge in [-0.3, -0.25) is 4.79 Å². The van der Waals surface area contributed by atoms with E-state index >= 15 is 0 Å². The lowest BCUT2D eigenvalue weighted by molar-refractivity contribution is -0.117.